The molecule has 0 aliphatic carbocycles. The summed E-state index contributed by atoms with van der Waals surface area (Å²) < 4.78 is 1.98. The Morgan fingerprint density at radius 2 is 2.55 bits per heavy atom. The number of aliphatic hydroxyl groups is 1. The van der Waals surface area contributed by atoms with Gasteiger partial charge in [-0.25, -0.2) is 4.98 Å². The van der Waals surface area contributed by atoms with Crippen molar-refractivity contribution in [2.45, 2.75) is 13.5 Å². The summed E-state index contributed by atoms with van der Waals surface area (Å²) in [6.45, 7) is 3.63. The second-order valence-electron chi connectivity index (χ2n) is 2.19. The Hall–Kier alpha value is -1.03. The van der Waals surface area contributed by atoms with E-state index in [4.69, 9.17) is 5.11 Å². The van der Waals surface area contributed by atoms with Crippen LogP contribution in [-0.2, 0) is 6.54 Å². The molecule has 62 valence electrons. The number of hydrogen-bond donors (Lipinski definition) is 2. The molecule has 4 nitrogen and oxygen atoms in total. The molecule has 0 saturated carbocycles. The predicted octanol–water partition coefficient (Wildman–Crippen LogP) is 0.307. The number of aromatic nitrogens is 2. The van der Waals surface area contributed by atoms with Crippen molar-refractivity contribution >= 4 is 5.95 Å². The molecular weight excluding hydrogens is 142 g/mol. The number of nitrogens with zero attached hydrogens (tertiary/aromatic N) is 2. The molecule has 0 aliphatic heterocycles. The van der Waals surface area contributed by atoms with Crippen molar-refractivity contribution in [3.8, 4) is 0 Å². The van der Waals surface area contributed by atoms with E-state index in [1.54, 1.807) is 6.20 Å². The largest absolute Gasteiger partial charge is 0.395 e. The Morgan fingerprint density at radius 3 is 3.18 bits per heavy atom. The molecule has 0 unspecified atom stereocenters. The predicted molar refractivity (Wildman–Crippen MR) is 43.5 cm³/mol. The van der Waals surface area contributed by atoms with Gasteiger partial charge in [0.1, 0.15) is 0 Å². The van der Waals surface area contributed by atoms with E-state index >= 15 is 0 Å². The fourth-order valence-electron chi connectivity index (χ4n) is 0.899. The molecule has 0 aromatic carbocycles. The average molecular weight is 155 g/mol. The molecule has 0 bridgehead atoms. The summed E-state index contributed by atoms with van der Waals surface area (Å²) >= 11 is 0. The van der Waals surface area contributed by atoms with Crippen LogP contribution in [0, 0.1) is 0 Å². The van der Waals surface area contributed by atoms with Gasteiger partial charge in [-0.1, -0.05) is 0 Å². The minimum absolute atomic E-state index is 0.135. The van der Waals surface area contributed by atoms with Crippen molar-refractivity contribution in [2.75, 3.05) is 18.5 Å². The van der Waals surface area contributed by atoms with E-state index in [1.165, 1.54) is 0 Å². The number of aryl methyl sites for hydroxylation is 1. The van der Waals surface area contributed by atoms with E-state index in [9.17, 15) is 0 Å². The van der Waals surface area contributed by atoms with E-state index in [2.05, 4.69) is 10.3 Å². The first kappa shape index (κ1) is 8.07. The molecule has 4 heteroatoms. The third-order valence-electron chi connectivity index (χ3n) is 1.45. The van der Waals surface area contributed by atoms with Gasteiger partial charge in [0.2, 0.25) is 5.95 Å². The van der Waals surface area contributed by atoms with Gasteiger partial charge in [0.15, 0.2) is 0 Å². The zero-order valence-corrected chi connectivity index (χ0v) is 6.62. The standard InChI is InChI=1S/C7H13N3O/c1-2-10-5-3-8-7(10)9-4-6-11/h3,5,11H,2,4,6H2,1H3,(H,8,9). The van der Waals surface area contributed by atoms with Crippen LogP contribution in [0.15, 0.2) is 12.4 Å². The van der Waals surface area contributed by atoms with Crippen LogP contribution in [0.5, 0.6) is 0 Å². The molecule has 0 saturated heterocycles. The van der Waals surface area contributed by atoms with Crippen LogP contribution in [-0.4, -0.2) is 27.8 Å². The third kappa shape index (κ3) is 1.94. The summed E-state index contributed by atoms with van der Waals surface area (Å²) in [7, 11) is 0. The van der Waals surface area contributed by atoms with Crippen LogP contribution >= 0.6 is 0 Å². The van der Waals surface area contributed by atoms with Crippen molar-refractivity contribution in [3.63, 3.8) is 0 Å². The fraction of sp³-hybridized carbons (Fsp3) is 0.571. The Balaban J connectivity index is 2.54. The van der Waals surface area contributed by atoms with E-state index < -0.39 is 0 Å². The van der Waals surface area contributed by atoms with Crippen molar-refractivity contribution in [2.24, 2.45) is 0 Å². The molecule has 0 atom stereocenters. The minimum atomic E-state index is 0.135. The summed E-state index contributed by atoms with van der Waals surface area (Å²) in [5, 5.41) is 11.5. The van der Waals surface area contributed by atoms with Gasteiger partial charge in [-0.3, -0.25) is 0 Å². The maximum absolute atomic E-state index is 8.53. The number of nitrogens with one attached hydrogen (secondary N) is 1. The highest BCUT2D eigenvalue weighted by Gasteiger charge is 1.96. The first-order valence-corrected chi connectivity index (χ1v) is 3.74. The van der Waals surface area contributed by atoms with Gasteiger partial charge in [-0.05, 0) is 6.92 Å². The van der Waals surface area contributed by atoms with Gasteiger partial charge in [0, 0.05) is 25.5 Å². The van der Waals surface area contributed by atoms with Crippen LogP contribution < -0.4 is 5.32 Å². The van der Waals surface area contributed by atoms with E-state index in [1.807, 2.05) is 17.7 Å². The highest BCUT2D eigenvalue weighted by Crippen LogP contribution is 2.01. The Kier molecular flexibility index (Phi) is 2.92. The summed E-state index contributed by atoms with van der Waals surface area (Å²) in [5.41, 5.74) is 0. The van der Waals surface area contributed by atoms with Crippen molar-refractivity contribution < 1.29 is 5.11 Å². The molecule has 0 fully saturated rings. The molecule has 0 radical (unpaired) electrons. The topological polar surface area (TPSA) is 50.1 Å². The number of aliphatic hydroxyl groups excluding tert-OH is 1. The number of anilines is 1. The quantitative estimate of drug-likeness (QED) is 0.657. The van der Waals surface area contributed by atoms with Crippen LogP contribution in [0.4, 0.5) is 5.95 Å². The molecule has 1 aromatic rings. The summed E-state index contributed by atoms with van der Waals surface area (Å²) in [6.07, 6.45) is 3.64. The molecule has 2 N–H and O–H groups in total. The Morgan fingerprint density at radius 1 is 1.73 bits per heavy atom. The molecule has 0 amide bonds. The van der Waals surface area contributed by atoms with Gasteiger partial charge >= 0.3 is 0 Å². The van der Waals surface area contributed by atoms with Crippen LogP contribution in [0.2, 0.25) is 0 Å². The van der Waals surface area contributed by atoms with Crippen molar-refractivity contribution in [1.29, 1.82) is 0 Å². The van der Waals surface area contributed by atoms with Gasteiger partial charge in [-0.15, -0.1) is 0 Å². The maximum atomic E-state index is 8.53. The molecule has 11 heavy (non-hydrogen) atoms. The van der Waals surface area contributed by atoms with E-state index in [0.29, 0.717) is 6.54 Å². The lowest BCUT2D eigenvalue weighted by Crippen LogP contribution is -2.10. The highest BCUT2D eigenvalue weighted by atomic mass is 16.3. The summed E-state index contributed by atoms with van der Waals surface area (Å²) in [4.78, 5) is 4.07. The average Bonchev–Trinajstić information content (AvgIpc) is 2.47. The second-order valence-corrected chi connectivity index (χ2v) is 2.19. The smallest absolute Gasteiger partial charge is 0.202 e. The third-order valence-corrected chi connectivity index (χ3v) is 1.45. The normalized spacial score (nSPS) is 10.0. The lowest BCUT2D eigenvalue weighted by atomic mass is 10.6. The summed E-state index contributed by atoms with van der Waals surface area (Å²) in [6, 6.07) is 0. The number of rotatable bonds is 4. The Bertz CT molecular complexity index is 209. The van der Waals surface area contributed by atoms with Crippen LogP contribution in [0.1, 0.15) is 6.92 Å². The maximum Gasteiger partial charge on any atom is 0.202 e. The first-order valence-electron chi connectivity index (χ1n) is 3.74. The molecule has 1 heterocycles. The zero-order valence-electron chi connectivity index (χ0n) is 6.62. The molecular formula is C7H13N3O. The monoisotopic (exact) mass is 155 g/mol. The Labute approximate surface area is 65.9 Å². The number of imidazole rings is 1. The van der Waals surface area contributed by atoms with Crippen molar-refractivity contribution in [1.82, 2.24) is 9.55 Å². The van der Waals surface area contributed by atoms with Gasteiger partial charge < -0.3 is 15.0 Å². The molecule has 0 spiro atoms. The van der Waals surface area contributed by atoms with E-state index in [0.717, 1.165) is 12.5 Å². The van der Waals surface area contributed by atoms with Gasteiger partial charge in [-0.2, -0.15) is 0 Å². The molecule has 1 aromatic heterocycles. The lowest BCUT2D eigenvalue weighted by molar-refractivity contribution is 0.310. The highest BCUT2D eigenvalue weighted by molar-refractivity contribution is 5.25. The van der Waals surface area contributed by atoms with E-state index in [-0.39, 0.29) is 6.61 Å². The van der Waals surface area contributed by atoms with Crippen molar-refractivity contribution in [3.05, 3.63) is 12.4 Å². The second kappa shape index (κ2) is 3.98. The zero-order chi connectivity index (χ0) is 8.10. The van der Waals surface area contributed by atoms with Gasteiger partial charge in [0.05, 0.1) is 6.61 Å². The molecule has 0 aliphatic rings. The molecule has 1 rings (SSSR count). The number of hydrogen-bond acceptors (Lipinski definition) is 3. The SMILES string of the molecule is CCn1ccnc1NCCO. The fourth-order valence-corrected chi connectivity index (χ4v) is 0.899. The van der Waals surface area contributed by atoms with Gasteiger partial charge in [0.25, 0.3) is 0 Å². The summed E-state index contributed by atoms with van der Waals surface area (Å²) in [5.74, 6) is 0.821. The minimum Gasteiger partial charge on any atom is -0.395 e. The first-order chi connectivity index (χ1) is 5.38. The van der Waals surface area contributed by atoms with Crippen LogP contribution in [0.25, 0.3) is 0 Å². The lowest BCUT2D eigenvalue weighted by Gasteiger charge is -2.04. The van der Waals surface area contributed by atoms with Crippen LogP contribution in [0.3, 0.4) is 0 Å².